The standard InChI is InChI=1S/C12H23NO6.C2H6/c1-6(2)3-4-8(15)13-9-11(17)10(16)7(5-14)19-12(9)18;1-2/h6-7,9-12,14,16-18H,3-5H2,1-2H3,(H,13,15);1-2H3. The number of carbonyl (C=O) groups is 1. The summed E-state index contributed by atoms with van der Waals surface area (Å²) in [6.45, 7) is 7.44. The highest BCUT2D eigenvalue weighted by molar-refractivity contribution is 5.76. The average molecular weight is 307 g/mol. The summed E-state index contributed by atoms with van der Waals surface area (Å²) in [6.07, 6.45) is -4.30. The number of nitrogens with one attached hydrogen (secondary N) is 1. The lowest BCUT2D eigenvalue weighted by molar-refractivity contribution is -0.253. The molecule has 126 valence electrons. The van der Waals surface area contributed by atoms with Crippen LogP contribution in [-0.4, -0.2) is 63.6 Å². The Hall–Kier alpha value is -0.730. The van der Waals surface area contributed by atoms with Crippen LogP contribution in [0, 0.1) is 5.92 Å². The molecule has 0 aromatic rings. The molecule has 1 rings (SSSR count). The molecule has 7 heteroatoms. The van der Waals surface area contributed by atoms with Gasteiger partial charge in [-0.25, -0.2) is 0 Å². The van der Waals surface area contributed by atoms with Crippen molar-refractivity contribution in [1.29, 1.82) is 0 Å². The maximum atomic E-state index is 11.6. The van der Waals surface area contributed by atoms with Gasteiger partial charge in [-0.3, -0.25) is 4.79 Å². The van der Waals surface area contributed by atoms with E-state index in [4.69, 9.17) is 9.84 Å². The summed E-state index contributed by atoms with van der Waals surface area (Å²) in [5.41, 5.74) is 0. The number of amides is 1. The molecule has 1 fully saturated rings. The lowest BCUT2D eigenvalue weighted by Crippen LogP contribution is -2.64. The molecular weight excluding hydrogens is 278 g/mol. The first-order valence-corrected chi connectivity index (χ1v) is 7.46. The van der Waals surface area contributed by atoms with Gasteiger partial charge in [-0.2, -0.15) is 0 Å². The summed E-state index contributed by atoms with van der Waals surface area (Å²) < 4.78 is 4.94. The first kappa shape index (κ1) is 20.3. The largest absolute Gasteiger partial charge is 0.394 e. The third kappa shape index (κ3) is 6.27. The van der Waals surface area contributed by atoms with E-state index in [1.165, 1.54) is 0 Å². The molecule has 7 nitrogen and oxygen atoms in total. The van der Waals surface area contributed by atoms with E-state index in [0.29, 0.717) is 12.3 Å². The summed E-state index contributed by atoms with van der Waals surface area (Å²) in [6, 6.07) is -1.10. The smallest absolute Gasteiger partial charge is 0.220 e. The Morgan fingerprint density at radius 3 is 2.24 bits per heavy atom. The fraction of sp³-hybridized carbons (Fsp3) is 0.929. The van der Waals surface area contributed by atoms with Crippen LogP contribution in [0.5, 0.6) is 0 Å². The molecule has 5 N–H and O–H groups in total. The van der Waals surface area contributed by atoms with Crippen LogP contribution in [-0.2, 0) is 9.53 Å². The van der Waals surface area contributed by atoms with Crippen LogP contribution in [0.3, 0.4) is 0 Å². The summed E-state index contributed by atoms with van der Waals surface area (Å²) in [5, 5.41) is 40.5. The third-order valence-electron chi connectivity index (χ3n) is 3.18. The monoisotopic (exact) mass is 307 g/mol. The Morgan fingerprint density at radius 2 is 1.76 bits per heavy atom. The second-order valence-corrected chi connectivity index (χ2v) is 5.25. The van der Waals surface area contributed by atoms with E-state index >= 15 is 0 Å². The number of aliphatic hydroxyl groups is 4. The van der Waals surface area contributed by atoms with Crippen molar-refractivity contribution in [2.75, 3.05) is 6.61 Å². The number of aliphatic hydroxyl groups excluding tert-OH is 4. The fourth-order valence-corrected chi connectivity index (χ4v) is 1.93. The fourth-order valence-electron chi connectivity index (χ4n) is 1.93. The Morgan fingerprint density at radius 1 is 1.19 bits per heavy atom. The second-order valence-electron chi connectivity index (χ2n) is 5.25. The number of rotatable bonds is 5. The molecule has 1 heterocycles. The minimum absolute atomic E-state index is 0.271. The third-order valence-corrected chi connectivity index (χ3v) is 3.18. The lowest BCUT2D eigenvalue weighted by Gasteiger charge is -2.40. The van der Waals surface area contributed by atoms with E-state index in [-0.39, 0.29) is 12.3 Å². The summed E-state index contributed by atoms with van der Waals surface area (Å²) in [5.74, 6) is 0.0441. The number of ether oxygens (including phenoxy) is 1. The minimum atomic E-state index is -1.46. The van der Waals surface area contributed by atoms with Crippen LogP contribution in [0.2, 0.25) is 0 Å². The van der Waals surface area contributed by atoms with Crippen molar-refractivity contribution in [3.63, 3.8) is 0 Å². The quantitative estimate of drug-likeness (QED) is 0.461. The zero-order chi connectivity index (χ0) is 16.6. The van der Waals surface area contributed by atoms with Crippen molar-refractivity contribution in [3.8, 4) is 0 Å². The molecule has 0 radical (unpaired) electrons. The van der Waals surface area contributed by atoms with Crippen molar-refractivity contribution in [2.45, 2.75) is 71.2 Å². The zero-order valence-corrected chi connectivity index (χ0v) is 13.2. The molecule has 0 spiro atoms. The zero-order valence-electron chi connectivity index (χ0n) is 13.2. The first-order valence-electron chi connectivity index (χ1n) is 7.46. The molecule has 1 amide bonds. The van der Waals surface area contributed by atoms with Crippen molar-refractivity contribution in [3.05, 3.63) is 0 Å². The van der Waals surface area contributed by atoms with Crippen LogP contribution >= 0.6 is 0 Å². The molecule has 0 aromatic heterocycles. The lowest BCUT2D eigenvalue weighted by atomic mass is 9.96. The molecule has 5 atom stereocenters. The molecule has 1 aliphatic rings. The molecule has 1 aliphatic heterocycles. The Kier molecular flexibility index (Phi) is 9.72. The normalized spacial score (nSPS) is 32.3. The highest BCUT2D eigenvalue weighted by atomic mass is 16.6. The van der Waals surface area contributed by atoms with Gasteiger partial charge in [0.25, 0.3) is 0 Å². The minimum Gasteiger partial charge on any atom is -0.394 e. The van der Waals surface area contributed by atoms with Gasteiger partial charge in [0.15, 0.2) is 6.29 Å². The van der Waals surface area contributed by atoms with Gasteiger partial charge in [0.1, 0.15) is 24.4 Å². The van der Waals surface area contributed by atoms with Crippen LogP contribution < -0.4 is 5.32 Å². The van der Waals surface area contributed by atoms with Crippen LogP contribution in [0.1, 0.15) is 40.5 Å². The van der Waals surface area contributed by atoms with Crippen LogP contribution in [0.15, 0.2) is 0 Å². The van der Waals surface area contributed by atoms with Crippen LogP contribution in [0.4, 0.5) is 0 Å². The van der Waals surface area contributed by atoms with E-state index in [2.05, 4.69) is 5.32 Å². The van der Waals surface area contributed by atoms with Crippen molar-refractivity contribution >= 4 is 5.91 Å². The van der Waals surface area contributed by atoms with E-state index < -0.39 is 37.3 Å². The van der Waals surface area contributed by atoms with Crippen molar-refractivity contribution in [2.24, 2.45) is 5.92 Å². The van der Waals surface area contributed by atoms with E-state index in [9.17, 15) is 20.1 Å². The van der Waals surface area contributed by atoms with Gasteiger partial charge in [0.05, 0.1) is 6.61 Å². The average Bonchev–Trinajstić information content (AvgIpc) is 2.47. The van der Waals surface area contributed by atoms with E-state index in [0.717, 1.165) is 0 Å². The molecule has 1 saturated heterocycles. The summed E-state index contributed by atoms with van der Waals surface area (Å²) in [4.78, 5) is 11.6. The maximum absolute atomic E-state index is 11.6. The summed E-state index contributed by atoms with van der Waals surface area (Å²) >= 11 is 0. The Labute approximate surface area is 125 Å². The first-order chi connectivity index (χ1) is 9.86. The van der Waals surface area contributed by atoms with Crippen molar-refractivity contribution in [1.82, 2.24) is 5.32 Å². The van der Waals surface area contributed by atoms with Gasteiger partial charge < -0.3 is 30.5 Å². The Bertz CT molecular complexity index is 299. The number of hydrogen-bond acceptors (Lipinski definition) is 6. The van der Waals surface area contributed by atoms with Gasteiger partial charge in [0, 0.05) is 6.42 Å². The van der Waals surface area contributed by atoms with Gasteiger partial charge in [-0.15, -0.1) is 0 Å². The predicted molar refractivity (Wildman–Crippen MR) is 77.3 cm³/mol. The van der Waals surface area contributed by atoms with Crippen LogP contribution in [0.25, 0.3) is 0 Å². The molecule has 0 aromatic carbocycles. The number of carbonyl (C=O) groups excluding carboxylic acids is 1. The molecule has 5 unspecified atom stereocenters. The second kappa shape index (κ2) is 10.1. The highest BCUT2D eigenvalue weighted by Crippen LogP contribution is 2.20. The number of hydrogen-bond donors (Lipinski definition) is 5. The van der Waals surface area contributed by atoms with E-state index in [1.807, 2.05) is 27.7 Å². The molecule has 0 bridgehead atoms. The van der Waals surface area contributed by atoms with Gasteiger partial charge in [-0.1, -0.05) is 27.7 Å². The van der Waals surface area contributed by atoms with Gasteiger partial charge in [-0.05, 0) is 12.3 Å². The predicted octanol–water partition coefficient (Wildman–Crippen LogP) is -0.635. The van der Waals surface area contributed by atoms with Gasteiger partial charge >= 0.3 is 0 Å². The highest BCUT2D eigenvalue weighted by Gasteiger charge is 2.44. The molecule has 0 saturated carbocycles. The van der Waals surface area contributed by atoms with E-state index in [1.54, 1.807) is 0 Å². The molecule has 21 heavy (non-hydrogen) atoms. The maximum Gasteiger partial charge on any atom is 0.220 e. The topological polar surface area (TPSA) is 119 Å². The van der Waals surface area contributed by atoms with Gasteiger partial charge in [0.2, 0.25) is 5.91 Å². The molecular formula is C14H29NO6. The van der Waals surface area contributed by atoms with Crippen molar-refractivity contribution < 1.29 is 30.0 Å². The SMILES string of the molecule is CC.CC(C)CCC(=O)NC1C(O)OC(CO)C(O)C1O. The Balaban J connectivity index is 0.00000191. The molecule has 0 aliphatic carbocycles. The summed E-state index contributed by atoms with van der Waals surface area (Å²) in [7, 11) is 0.